The number of amides is 1. The molecule has 6 heteroatoms. The lowest BCUT2D eigenvalue weighted by atomic mass is 10.1. The van der Waals surface area contributed by atoms with Crippen LogP contribution in [0.25, 0.3) is 5.69 Å². The maximum absolute atomic E-state index is 13.0. The molecule has 1 aliphatic rings. The Morgan fingerprint density at radius 1 is 1.00 bits per heavy atom. The van der Waals surface area contributed by atoms with Gasteiger partial charge < -0.3 is 15.0 Å². The lowest BCUT2D eigenvalue weighted by Gasteiger charge is -2.30. The van der Waals surface area contributed by atoms with Crippen molar-refractivity contribution >= 4 is 17.3 Å². The van der Waals surface area contributed by atoms with Crippen molar-refractivity contribution in [2.75, 3.05) is 30.4 Å². The van der Waals surface area contributed by atoms with E-state index < -0.39 is 0 Å². The highest BCUT2D eigenvalue weighted by atomic mass is 16.5. The van der Waals surface area contributed by atoms with Crippen LogP contribution in [0.15, 0.2) is 60.8 Å². The maximum atomic E-state index is 13.0. The van der Waals surface area contributed by atoms with Crippen molar-refractivity contribution in [3.8, 4) is 11.4 Å². The largest absolute Gasteiger partial charge is 0.493 e. The summed E-state index contributed by atoms with van der Waals surface area (Å²) in [4.78, 5) is 15.3. The molecule has 0 saturated carbocycles. The number of aromatic nitrogens is 2. The smallest absolute Gasteiger partial charge is 0.280 e. The first-order valence-electron chi connectivity index (χ1n) is 9.60. The van der Waals surface area contributed by atoms with Gasteiger partial charge in [-0.05, 0) is 43.5 Å². The van der Waals surface area contributed by atoms with E-state index in [9.17, 15) is 4.79 Å². The van der Waals surface area contributed by atoms with Crippen molar-refractivity contribution in [3.63, 3.8) is 0 Å². The molecule has 28 heavy (non-hydrogen) atoms. The molecule has 4 rings (SSSR count). The molecule has 2 heterocycles. The number of hydrogen-bond acceptors (Lipinski definition) is 4. The van der Waals surface area contributed by atoms with Crippen LogP contribution < -0.4 is 15.0 Å². The fraction of sp³-hybridized carbons (Fsp3) is 0.273. The van der Waals surface area contributed by atoms with E-state index in [0.29, 0.717) is 5.75 Å². The zero-order chi connectivity index (χ0) is 19.3. The fourth-order valence-electron chi connectivity index (χ4n) is 3.55. The first-order valence-corrected chi connectivity index (χ1v) is 9.60. The molecule has 2 aromatic carbocycles. The Balaban J connectivity index is 1.60. The summed E-state index contributed by atoms with van der Waals surface area (Å²) in [5, 5.41) is 7.48. The van der Waals surface area contributed by atoms with Crippen molar-refractivity contribution in [1.82, 2.24) is 9.78 Å². The zero-order valence-electron chi connectivity index (χ0n) is 16.0. The normalized spacial score (nSPS) is 14.0. The van der Waals surface area contributed by atoms with Crippen LogP contribution in [0.4, 0.5) is 11.4 Å². The van der Waals surface area contributed by atoms with Gasteiger partial charge in [-0.25, -0.2) is 4.68 Å². The Hall–Kier alpha value is -3.28. The van der Waals surface area contributed by atoms with Crippen LogP contribution in [-0.4, -0.2) is 35.9 Å². The predicted octanol–water partition coefficient (Wildman–Crippen LogP) is 4.12. The lowest BCUT2D eigenvalue weighted by Crippen LogP contribution is -2.30. The molecule has 0 bridgehead atoms. The summed E-state index contributed by atoms with van der Waals surface area (Å²) >= 11 is 0. The number of piperidine rings is 1. The van der Waals surface area contributed by atoms with Crippen LogP contribution in [0, 0.1) is 0 Å². The van der Waals surface area contributed by atoms with E-state index in [1.165, 1.54) is 19.3 Å². The number of nitrogens with one attached hydrogen (secondary N) is 1. The first kappa shape index (κ1) is 18.1. The SMILES string of the molecule is COc1cn(-c2ccccc2)nc1C(=O)Nc1ccccc1N1CCCCC1. The molecule has 0 unspecified atom stereocenters. The lowest BCUT2D eigenvalue weighted by molar-refractivity contribution is 0.101. The van der Waals surface area contributed by atoms with Gasteiger partial charge in [-0.3, -0.25) is 4.79 Å². The highest BCUT2D eigenvalue weighted by Crippen LogP contribution is 2.29. The van der Waals surface area contributed by atoms with E-state index in [4.69, 9.17) is 4.74 Å². The topological polar surface area (TPSA) is 59.4 Å². The van der Waals surface area contributed by atoms with Crippen LogP contribution in [0.5, 0.6) is 5.75 Å². The van der Waals surface area contributed by atoms with Crippen molar-refractivity contribution < 1.29 is 9.53 Å². The second-order valence-corrected chi connectivity index (χ2v) is 6.85. The quantitative estimate of drug-likeness (QED) is 0.728. The monoisotopic (exact) mass is 376 g/mol. The molecule has 1 N–H and O–H groups in total. The third-order valence-electron chi connectivity index (χ3n) is 4.99. The van der Waals surface area contributed by atoms with Crippen LogP contribution >= 0.6 is 0 Å². The van der Waals surface area contributed by atoms with Gasteiger partial charge in [0, 0.05) is 13.1 Å². The molecular formula is C22H24N4O2. The third-order valence-corrected chi connectivity index (χ3v) is 4.99. The second-order valence-electron chi connectivity index (χ2n) is 6.85. The van der Waals surface area contributed by atoms with E-state index in [1.54, 1.807) is 18.0 Å². The van der Waals surface area contributed by atoms with E-state index in [1.807, 2.05) is 48.5 Å². The van der Waals surface area contributed by atoms with Crippen LogP contribution in [0.1, 0.15) is 29.8 Å². The van der Waals surface area contributed by atoms with Gasteiger partial charge in [-0.15, -0.1) is 0 Å². The van der Waals surface area contributed by atoms with E-state index in [-0.39, 0.29) is 11.6 Å². The number of benzene rings is 2. The molecular weight excluding hydrogens is 352 g/mol. The minimum Gasteiger partial charge on any atom is -0.493 e. The highest BCUT2D eigenvalue weighted by molar-refractivity contribution is 6.06. The van der Waals surface area contributed by atoms with Crippen LogP contribution in [0.3, 0.4) is 0 Å². The van der Waals surface area contributed by atoms with Gasteiger partial charge in [0.1, 0.15) is 0 Å². The predicted molar refractivity (Wildman–Crippen MR) is 111 cm³/mol. The average Bonchev–Trinajstić information content (AvgIpc) is 3.20. The molecule has 1 aliphatic heterocycles. The zero-order valence-corrected chi connectivity index (χ0v) is 16.0. The second kappa shape index (κ2) is 8.17. The van der Waals surface area contributed by atoms with Gasteiger partial charge in [-0.2, -0.15) is 5.10 Å². The van der Waals surface area contributed by atoms with E-state index in [0.717, 1.165) is 30.2 Å². The van der Waals surface area contributed by atoms with Crippen molar-refractivity contribution in [2.24, 2.45) is 0 Å². The number of para-hydroxylation sites is 3. The number of hydrogen-bond donors (Lipinski definition) is 1. The molecule has 0 atom stereocenters. The van der Waals surface area contributed by atoms with Gasteiger partial charge in [0.05, 0.1) is 30.4 Å². The standard InChI is InChI=1S/C22H24N4O2/c1-28-20-16-26(17-10-4-2-5-11-17)24-21(20)22(27)23-18-12-6-7-13-19(18)25-14-8-3-9-15-25/h2,4-7,10-13,16H,3,8-9,14-15H2,1H3,(H,23,27). The number of ether oxygens (including phenoxy) is 1. The molecule has 1 fully saturated rings. The van der Waals surface area contributed by atoms with Gasteiger partial charge >= 0.3 is 0 Å². The summed E-state index contributed by atoms with van der Waals surface area (Å²) in [6.45, 7) is 2.03. The Kier molecular flexibility index (Phi) is 5.28. The van der Waals surface area contributed by atoms with Crippen LogP contribution in [0.2, 0.25) is 0 Å². The number of anilines is 2. The molecule has 0 radical (unpaired) electrons. The Labute approximate surface area is 164 Å². The van der Waals surface area contributed by atoms with Gasteiger partial charge in [0.25, 0.3) is 5.91 Å². The fourth-order valence-corrected chi connectivity index (χ4v) is 3.55. The number of carbonyl (C=O) groups excluding carboxylic acids is 1. The van der Waals surface area contributed by atoms with E-state index >= 15 is 0 Å². The molecule has 1 amide bonds. The Bertz CT molecular complexity index is 946. The summed E-state index contributed by atoms with van der Waals surface area (Å²) < 4.78 is 7.06. The molecule has 1 aromatic heterocycles. The van der Waals surface area contributed by atoms with Gasteiger partial charge in [-0.1, -0.05) is 30.3 Å². The average molecular weight is 376 g/mol. The van der Waals surface area contributed by atoms with E-state index in [2.05, 4.69) is 21.4 Å². The maximum Gasteiger partial charge on any atom is 0.280 e. The summed E-state index contributed by atoms with van der Waals surface area (Å²) in [7, 11) is 1.55. The Morgan fingerprint density at radius 2 is 1.71 bits per heavy atom. The first-order chi connectivity index (χ1) is 13.8. The van der Waals surface area contributed by atoms with Crippen molar-refractivity contribution in [2.45, 2.75) is 19.3 Å². The molecule has 0 spiro atoms. The number of nitrogens with zero attached hydrogens (tertiary/aromatic N) is 3. The van der Waals surface area contributed by atoms with Crippen molar-refractivity contribution in [1.29, 1.82) is 0 Å². The third kappa shape index (κ3) is 3.71. The number of rotatable bonds is 5. The van der Waals surface area contributed by atoms with Gasteiger partial charge in [0.2, 0.25) is 0 Å². The summed E-state index contributed by atoms with van der Waals surface area (Å²) in [6, 6.07) is 17.6. The summed E-state index contributed by atoms with van der Waals surface area (Å²) in [5.74, 6) is 0.160. The number of carbonyl (C=O) groups is 1. The van der Waals surface area contributed by atoms with Crippen molar-refractivity contribution in [3.05, 3.63) is 66.5 Å². The molecule has 3 aromatic rings. The summed E-state index contributed by atoms with van der Waals surface area (Å²) in [5.41, 5.74) is 2.98. The van der Waals surface area contributed by atoms with Gasteiger partial charge in [0.15, 0.2) is 11.4 Å². The minimum atomic E-state index is -0.281. The number of methoxy groups -OCH3 is 1. The molecule has 144 valence electrons. The summed E-state index contributed by atoms with van der Waals surface area (Å²) in [6.07, 6.45) is 5.34. The Morgan fingerprint density at radius 3 is 2.46 bits per heavy atom. The van der Waals surface area contributed by atoms with Crippen LogP contribution in [-0.2, 0) is 0 Å². The molecule has 1 saturated heterocycles. The minimum absolute atomic E-state index is 0.264. The molecule has 6 nitrogen and oxygen atoms in total. The molecule has 0 aliphatic carbocycles. The highest BCUT2D eigenvalue weighted by Gasteiger charge is 2.21.